The van der Waals surface area contributed by atoms with Crippen LogP contribution in [0.2, 0.25) is 0 Å². The van der Waals surface area contributed by atoms with Crippen molar-refractivity contribution in [2.75, 3.05) is 10.0 Å². The van der Waals surface area contributed by atoms with E-state index in [1.807, 2.05) is 6.07 Å². The SMILES string of the molecule is O=C(NCc1cccnc1)Nc1ccc(NS(=O)(=O)Cc2ccccc2-c2ccc(F)cc2)cc1. The molecule has 3 N–H and O–H groups in total. The topological polar surface area (TPSA) is 100 Å². The highest BCUT2D eigenvalue weighted by Crippen LogP contribution is 2.26. The molecule has 0 radical (unpaired) electrons. The van der Waals surface area contributed by atoms with E-state index in [9.17, 15) is 17.6 Å². The van der Waals surface area contributed by atoms with Gasteiger partial charge in [-0.15, -0.1) is 0 Å². The fourth-order valence-corrected chi connectivity index (χ4v) is 4.69. The van der Waals surface area contributed by atoms with Gasteiger partial charge >= 0.3 is 6.03 Å². The number of halogens is 1. The van der Waals surface area contributed by atoms with Gasteiger partial charge < -0.3 is 10.6 Å². The van der Waals surface area contributed by atoms with Crippen LogP contribution in [-0.2, 0) is 22.3 Å². The number of aromatic nitrogens is 1. The van der Waals surface area contributed by atoms with Gasteiger partial charge in [0, 0.05) is 30.3 Å². The van der Waals surface area contributed by atoms with Crippen LogP contribution in [0.15, 0.2) is 97.3 Å². The van der Waals surface area contributed by atoms with Gasteiger partial charge in [0.25, 0.3) is 0 Å². The lowest BCUT2D eigenvalue weighted by Crippen LogP contribution is -2.28. The number of hydrogen-bond acceptors (Lipinski definition) is 4. The Bertz CT molecular complexity index is 1390. The van der Waals surface area contributed by atoms with Crippen LogP contribution >= 0.6 is 0 Å². The van der Waals surface area contributed by atoms with Crippen molar-refractivity contribution in [3.63, 3.8) is 0 Å². The second kappa shape index (κ2) is 10.8. The summed E-state index contributed by atoms with van der Waals surface area (Å²) in [7, 11) is -3.73. The van der Waals surface area contributed by atoms with Crippen LogP contribution in [0.4, 0.5) is 20.6 Å². The molecule has 0 fully saturated rings. The number of carbonyl (C=O) groups excluding carboxylic acids is 1. The summed E-state index contributed by atoms with van der Waals surface area (Å²) in [5, 5.41) is 5.42. The number of nitrogens with zero attached hydrogens (tertiary/aromatic N) is 1. The predicted molar refractivity (Wildman–Crippen MR) is 135 cm³/mol. The average Bonchev–Trinajstić information content (AvgIpc) is 2.85. The van der Waals surface area contributed by atoms with Gasteiger partial charge in [0.15, 0.2) is 0 Å². The van der Waals surface area contributed by atoms with Crippen molar-refractivity contribution in [3.05, 3.63) is 114 Å². The minimum absolute atomic E-state index is 0.253. The molecule has 1 aromatic heterocycles. The zero-order chi connectivity index (χ0) is 24.7. The third kappa shape index (κ3) is 6.87. The van der Waals surface area contributed by atoms with Gasteiger partial charge in [0.05, 0.1) is 5.75 Å². The van der Waals surface area contributed by atoms with Gasteiger partial charge in [-0.2, -0.15) is 0 Å². The zero-order valence-electron chi connectivity index (χ0n) is 18.6. The molecule has 0 aliphatic heterocycles. The number of urea groups is 1. The van der Waals surface area contributed by atoms with E-state index in [-0.39, 0.29) is 17.6 Å². The van der Waals surface area contributed by atoms with E-state index in [0.29, 0.717) is 23.5 Å². The maximum atomic E-state index is 13.3. The van der Waals surface area contributed by atoms with Crippen LogP contribution in [0.1, 0.15) is 11.1 Å². The summed E-state index contributed by atoms with van der Waals surface area (Å²) in [5.41, 5.74) is 3.79. The first kappa shape index (κ1) is 23.9. The third-order valence-corrected chi connectivity index (χ3v) is 6.35. The molecular formula is C26H23FN4O3S. The highest BCUT2D eigenvalue weighted by molar-refractivity contribution is 7.91. The van der Waals surface area contributed by atoms with Gasteiger partial charge in [-0.3, -0.25) is 9.71 Å². The van der Waals surface area contributed by atoms with Crippen LogP contribution in [0.25, 0.3) is 11.1 Å². The first-order valence-corrected chi connectivity index (χ1v) is 12.4. The zero-order valence-corrected chi connectivity index (χ0v) is 19.4. The van der Waals surface area contributed by atoms with E-state index < -0.39 is 10.0 Å². The number of nitrogens with one attached hydrogen (secondary N) is 3. The van der Waals surface area contributed by atoms with E-state index in [2.05, 4.69) is 20.3 Å². The molecule has 2 amide bonds. The minimum Gasteiger partial charge on any atom is -0.334 e. The summed E-state index contributed by atoms with van der Waals surface area (Å²) in [6.07, 6.45) is 3.32. The van der Waals surface area contributed by atoms with E-state index >= 15 is 0 Å². The molecule has 7 nitrogen and oxygen atoms in total. The normalized spacial score (nSPS) is 11.0. The monoisotopic (exact) mass is 490 g/mol. The number of rotatable bonds is 8. The molecule has 1 heterocycles. The molecule has 0 saturated carbocycles. The number of sulfonamides is 1. The van der Waals surface area contributed by atoms with E-state index in [0.717, 1.165) is 16.7 Å². The summed E-state index contributed by atoms with van der Waals surface area (Å²) in [5.74, 6) is -0.610. The molecule has 3 aromatic carbocycles. The molecule has 0 bridgehead atoms. The number of pyridine rings is 1. The maximum absolute atomic E-state index is 13.3. The molecular weight excluding hydrogens is 467 g/mol. The molecule has 35 heavy (non-hydrogen) atoms. The number of amides is 2. The number of anilines is 2. The number of hydrogen-bond donors (Lipinski definition) is 3. The standard InChI is InChI=1S/C26H23FN4O3S/c27-22-9-7-20(8-10-22)25-6-2-1-5-21(25)18-35(33,34)31-24-13-11-23(12-14-24)30-26(32)29-17-19-4-3-15-28-16-19/h1-16,31H,17-18H2,(H2,29,30,32). The predicted octanol–water partition coefficient (Wildman–Crippen LogP) is 5.15. The second-order valence-corrected chi connectivity index (χ2v) is 9.49. The highest BCUT2D eigenvalue weighted by atomic mass is 32.2. The van der Waals surface area contributed by atoms with E-state index in [4.69, 9.17) is 0 Å². The van der Waals surface area contributed by atoms with Gasteiger partial charge in [0.1, 0.15) is 5.82 Å². The molecule has 0 saturated heterocycles. The van der Waals surface area contributed by atoms with Crippen LogP contribution in [-0.4, -0.2) is 19.4 Å². The van der Waals surface area contributed by atoms with E-state index in [1.54, 1.807) is 79.1 Å². The molecule has 9 heteroatoms. The largest absolute Gasteiger partial charge is 0.334 e. The van der Waals surface area contributed by atoms with Gasteiger partial charge in [-0.1, -0.05) is 42.5 Å². The van der Waals surface area contributed by atoms with Crippen molar-refractivity contribution in [1.29, 1.82) is 0 Å². The molecule has 0 spiro atoms. The number of benzene rings is 3. The summed E-state index contributed by atoms with van der Waals surface area (Å²) in [6.45, 7) is 0.330. The Labute approximate surface area is 203 Å². The third-order valence-electron chi connectivity index (χ3n) is 5.11. The first-order valence-electron chi connectivity index (χ1n) is 10.8. The Morgan fingerprint density at radius 2 is 1.57 bits per heavy atom. The van der Waals surface area contributed by atoms with Crippen LogP contribution in [0.3, 0.4) is 0 Å². The molecule has 0 atom stereocenters. The van der Waals surface area contributed by atoms with Crippen molar-refractivity contribution in [2.24, 2.45) is 0 Å². The lowest BCUT2D eigenvalue weighted by Gasteiger charge is -2.13. The van der Waals surface area contributed by atoms with Crippen LogP contribution in [0.5, 0.6) is 0 Å². The molecule has 0 unspecified atom stereocenters. The summed E-state index contributed by atoms with van der Waals surface area (Å²) < 4.78 is 41.5. The highest BCUT2D eigenvalue weighted by Gasteiger charge is 2.15. The van der Waals surface area contributed by atoms with Crippen molar-refractivity contribution in [2.45, 2.75) is 12.3 Å². The van der Waals surface area contributed by atoms with Gasteiger partial charge in [-0.05, 0) is 64.7 Å². The second-order valence-electron chi connectivity index (χ2n) is 7.77. The smallest absolute Gasteiger partial charge is 0.319 e. The molecule has 0 aliphatic carbocycles. The van der Waals surface area contributed by atoms with E-state index in [1.165, 1.54) is 12.1 Å². The van der Waals surface area contributed by atoms with Crippen molar-refractivity contribution >= 4 is 27.4 Å². The lowest BCUT2D eigenvalue weighted by atomic mass is 10.0. The minimum atomic E-state index is -3.73. The Hall–Kier alpha value is -4.24. The average molecular weight is 491 g/mol. The maximum Gasteiger partial charge on any atom is 0.319 e. The Kier molecular flexibility index (Phi) is 7.37. The van der Waals surface area contributed by atoms with Crippen LogP contribution in [0, 0.1) is 5.82 Å². The molecule has 0 aliphatic rings. The van der Waals surface area contributed by atoms with Crippen molar-refractivity contribution in [3.8, 4) is 11.1 Å². The fraction of sp³-hybridized carbons (Fsp3) is 0.0769. The Morgan fingerprint density at radius 3 is 2.29 bits per heavy atom. The Balaban J connectivity index is 1.37. The quantitative estimate of drug-likeness (QED) is 0.318. The van der Waals surface area contributed by atoms with Gasteiger partial charge in [-0.25, -0.2) is 17.6 Å². The first-order chi connectivity index (χ1) is 16.9. The number of carbonyl (C=O) groups is 1. The molecule has 4 aromatic rings. The van der Waals surface area contributed by atoms with Crippen molar-refractivity contribution < 1.29 is 17.6 Å². The van der Waals surface area contributed by atoms with Crippen molar-refractivity contribution in [1.82, 2.24) is 10.3 Å². The van der Waals surface area contributed by atoms with Crippen LogP contribution < -0.4 is 15.4 Å². The molecule has 178 valence electrons. The molecule has 4 rings (SSSR count). The fourth-order valence-electron chi connectivity index (χ4n) is 3.46. The summed E-state index contributed by atoms with van der Waals surface area (Å²) in [4.78, 5) is 16.1. The summed E-state index contributed by atoms with van der Waals surface area (Å²) >= 11 is 0. The summed E-state index contributed by atoms with van der Waals surface area (Å²) in [6, 6.07) is 22.6. The van der Waals surface area contributed by atoms with Gasteiger partial charge in [0.2, 0.25) is 10.0 Å². The Morgan fingerprint density at radius 1 is 0.857 bits per heavy atom. The lowest BCUT2D eigenvalue weighted by molar-refractivity contribution is 0.251.